The molecule has 0 radical (unpaired) electrons. The standard InChI is InChI=1S/C6H4Br2O.Na.H/c7-4-1-5(8)3-6(9)2-4;;/h1-3,9H;;/q;+1;-1. The van der Waals surface area contributed by atoms with Crippen molar-refractivity contribution in [3.63, 3.8) is 0 Å². The van der Waals surface area contributed by atoms with Crippen molar-refractivity contribution in [2.24, 2.45) is 0 Å². The van der Waals surface area contributed by atoms with Gasteiger partial charge in [0.2, 0.25) is 0 Å². The molecule has 0 atom stereocenters. The second-order valence-electron chi connectivity index (χ2n) is 1.63. The van der Waals surface area contributed by atoms with Crippen LogP contribution in [0.15, 0.2) is 27.1 Å². The van der Waals surface area contributed by atoms with Crippen molar-refractivity contribution in [1.29, 1.82) is 0 Å². The van der Waals surface area contributed by atoms with Crippen LogP contribution in [0.3, 0.4) is 0 Å². The second-order valence-corrected chi connectivity index (χ2v) is 3.46. The van der Waals surface area contributed by atoms with E-state index in [0.717, 1.165) is 8.95 Å². The van der Waals surface area contributed by atoms with E-state index in [1.54, 1.807) is 12.1 Å². The third-order valence-electron chi connectivity index (χ3n) is 0.847. The largest absolute Gasteiger partial charge is 1.00 e. The summed E-state index contributed by atoms with van der Waals surface area (Å²) in [5, 5.41) is 8.93. The fourth-order valence-electron chi connectivity index (χ4n) is 0.539. The van der Waals surface area contributed by atoms with E-state index < -0.39 is 0 Å². The number of rotatable bonds is 0. The molecule has 0 fully saturated rings. The summed E-state index contributed by atoms with van der Waals surface area (Å²) in [5.74, 6) is 0.260. The van der Waals surface area contributed by atoms with Crippen molar-refractivity contribution in [1.82, 2.24) is 0 Å². The molecule has 0 heterocycles. The van der Waals surface area contributed by atoms with Crippen molar-refractivity contribution in [3.8, 4) is 5.75 Å². The maximum absolute atomic E-state index is 8.93. The molecule has 0 aliphatic carbocycles. The average Bonchev–Trinajstić information content (AvgIpc) is 1.59. The molecule has 0 saturated carbocycles. The Balaban J connectivity index is 0. The molecule has 0 aliphatic rings. The monoisotopic (exact) mass is 274 g/mol. The molecule has 1 aromatic rings. The number of aromatic hydroxyl groups is 1. The molecule has 0 saturated heterocycles. The summed E-state index contributed by atoms with van der Waals surface area (Å²) >= 11 is 6.45. The number of hydrogen-bond acceptors (Lipinski definition) is 1. The fraction of sp³-hybridized carbons (Fsp3) is 0. The van der Waals surface area contributed by atoms with Gasteiger partial charge in [-0.25, -0.2) is 0 Å². The van der Waals surface area contributed by atoms with Crippen LogP contribution in [0.5, 0.6) is 5.75 Å². The molecule has 50 valence electrons. The summed E-state index contributed by atoms with van der Waals surface area (Å²) in [6.45, 7) is 0. The van der Waals surface area contributed by atoms with Crippen LogP contribution < -0.4 is 29.6 Å². The van der Waals surface area contributed by atoms with Gasteiger partial charge in [0, 0.05) is 8.95 Å². The first kappa shape index (κ1) is 11.0. The van der Waals surface area contributed by atoms with Gasteiger partial charge in [0.25, 0.3) is 0 Å². The topological polar surface area (TPSA) is 20.2 Å². The fourth-order valence-corrected chi connectivity index (χ4v) is 1.81. The van der Waals surface area contributed by atoms with Gasteiger partial charge in [0.15, 0.2) is 0 Å². The van der Waals surface area contributed by atoms with E-state index in [-0.39, 0.29) is 36.7 Å². The van der Waals surface area contributed by atoms with Crippen molar-refractivity contribution >= 4 is 31.9 Å². The molecule has 0 amide bonds. The van der Waals surface area contributed by atoms with Gasteiger partial charge < -0.3 is 6.53 Å². The van der Waals surface area contributed by atoms with Crippen molar-refractivity contribution in [2.75, 3.05) is 0 Å². The van der Waals surface area contributed by atoms with Crippen molar-refractivity contribution < 1.29 is 36.1 Å². The SMILES string of the molecule is Oc1cc(Br)cc(Br)c1.[H-].[Na+]. The maximum Gasteiger partial charge on any atom is 1.00 e. The van der Waals surface area contributed by atoms with Gasteiger partial charge in [-0.3, -0.25) is 0 Å². The van der Waals surface area contributed by atoms with Crippen LogP contribution >= 0.6 is 31.9 Å². The van der Waals surface area contributed by atoms with E-state index in [4.69, 9.17) is 5.11 Å². The van der Waals surface area contributed by atoms with Crippen LogP contribution in [0.1, 0.15) is 1.43 Å². The zero-order chi connectivity index (χ0) is 6.85. The molecule has 4 heteroatoms. The summed E-state index contributed by atoms with van der Waals surface area (Å²) in [5.41, 5.74) is 0. The van der Waals surface area contributed by atoms with Gasteiger partial charge in [-0.15, -0.1) is 0 Å². The predicted molar refractivity (Wildman–Crippen MR) is 44.6 cm³/mol. The summed E-state index contributed by atoms with van der Waals surface area (Å²) in [6.07, 6.45) is 0. The Hall–Kier alpha value is 0.980. The zero-order valence-electron chi connectivity index (χ0n) is 6.44. The van der Waals surface area contributed by atoms with E-state index in [1.807, 2.05) is 6.07 Å². The van der Waals surface area contributed by atoms with Gasteiger partial charge in [-0.05, 0) is 18.2 Å². The molecule has 1 N–H and O–H groups in total. The van der Waals surface area contributed by atoms with Gasteiger partial charge in [0.1, 0.15) is 5.75 Å². The van der Waals surface area contributed by atoms with Crippen molar-refractivity contribution in [2.45, 2.75) is 0 Å². The van der Waals surface area contributed by atoms with Crippen molar-refractivity contribution in [3.05, 3.63) is 27.1 Å². The second kappa shape index (κ2) is 4.78. The maximum atomic E-state index is 8.93. The Morgan fingerprint density at radius 2 is 1.50 bits per heavy atom. The molecule has 0 aliphatic heterocycles. The Morgan fingerprint density at radius 3 is 1.80 bits per heavy atom. The van der Waals surface area contributed by atoms with Crippen LogP contribution in [0.4, 0.5) is 0 Å². The van der Waals surface area contributed by atoms with Crippen LogP contribution in [0, 0.1) is 0 Å². The Labute approximate surface area is 99.9 Å². The van der Waals surface area contributed by atoms with Crippen LogP contribution in [0.25, 0.3) is 0 Å². The molecule has 1 nitrogen and oxygen atoms in total. The van der Waals surface area contributed by atoms with Gasteiger partial charge >= 0.3 is 29.6 Å². The van der Waals surface area contributed by atoms with Crippen LogP contribution in [-0.2, 0) is 0 Å². The minimum atomic E-state index is 0. The molecule has 0 spiro atoms. The Bertz CT molecular complexity index is 181. The van der Waals surface area contributed by atoms with Crippen LogP contribution in [-0.4, -0.2) is 5.11 Å². The summed E-state index contributed by atoms with van der Waals surface area (Å²) < 4.78 is 1.74. The number of phenols is 1. The normalized spacial score (nSPS) is 8.60. The van der Waals surface area contributed by atoms with Gasteiger partial charge in [-0.1, -0.05) is 31.9 Å². The van der Waals surface area contributed by atoms with E-state index >= 15 is 0 Å². The smallest absolute Gasteiger partial charge is 1.00 e. The van der Waals surface area contributed by atoms with Gasteiger partial charge in [0.05, 0.1) is 0 Å². The Kier molecular flexibility index (Phi) is 5.24. The van der Waals surface area contributed by atoms with E-state index in [1.165, 1.54) is 0 Å². The number of halogens is 2. The van der Waals surface area contributed by atoms with Gasteiger partial charge in [-0.2, -0.15) is 0 Å². The predicted octanol–water partition coefficient (Wildman–Crippen LogP) is 0.0337. The number of benzene rings is 1. The number of phenolic OH excluding ortho intramolecular Hbond substituents is 1. The first-order chi connectivity index (χ1) is 4.18. The minimum Gasteiger partial charge on any atom is -1.00 e. The van der Waals surface area contributed by atoms with E-state index in [0.29, 0.717) is 0 Å². The molecule has 1 rings (SSSR count). The summed E-state index contributed by atoms with van der Waals surface area (Å²) in [7, 11) is 0. The summed E-state index contributed by atoms with van der Waals surface area (Å²) in [6, 6.07) is 5.12. The van der Waals surface area contributed by atoms with E-state index in [2.05, 4.69) is 31.9 Å². The zero-order valence-corrected chi connectivity index (χ0v) is 10.6. The molecular formula is C6H5Br2NaO. The summed E-state index contributed by atoms with van der Waals surface area (Å²) in [4.78, 5) is 0. The molecule has 0 unspecified atom stereocenters. The molecule has 1 aromatic carbocycles. The van der Waals surface area contributed by atoms with E-state index in [9.17, 15) is 0 Å². The molecular weight excluding hydrogens is 271 g/mol. The average molecular weight is 276 g/mol. The first-order valence-corrected chi connectivity index (χ1v) is 3.92. The third kappa shape index (κ3) is 3.39. The number of hydrogen-bond donors (Lipinski definition) is 1. The molecule has 0 aromatic heterocycles. The quantitative estimate of drug-likeness (QED) is 0.663. The first-order valence-electron chi connectivity index (χ1n) is 2.33. The Morgan fingerprint density at radius 1 is 1.10 bits per heavy atom. The molecule has 10 heavy (non-hydrogen) atoms. The molecule has 0 bridgehead atoms. The minimum absolute atomic E-state index is 0. The third-order valence-corrected chi connectivity index (χ3v) is 1.76. The van der Waals surface area contributed by atoms with Crippen LogP contribution in [0.2, 0.25) is 0 Å².